The van der Waals surface area contributed by atoms with E-state index in [4.69, 9.17) is 9.47 Å². The molecule has 2 heterocycles. The van der Waals surface area contributed by atoms with Gasteiger partial charge in [-0.2, -0.15) is 0 Å². The number of carbonyl (C=O) groups excluding carboxylic acids is 2. The van der Waals surface area contributed by atoms with E-state index in [2.05, 4.69) is 13.8 Å². The fourth-order valence-corrected chi connectivity index (χ4v) is 3.65. The van der Waals surface area contributed by atoms with Crippen molar-refractivity contribution in [2.24, 2.45) is 5.92 Å². The van der Waals surface area contributed by atoms with Crippen LogP contribution in [0.3, 0.4) is 0 Å². The van der Waals surface area contributed by atoms with Crippen LogP contribution in [0.15, 0.2) is 18.2 Å². The van der Waals surface area contributed by atoms with Crippen LogP contribution in [0.5, 0.6) is 11.5 Å². The Bertz CT molecular complexity index is 710. The van der Waals surface area contributed by atoms with E-state index in [1.165, 1.54) is 13.2 Å². The highest BCUT2D eigenvalue weighted by molar-refractivity contribution is 5.97. The third kappa shape index (κ3) is 4.12. The summed E-state index contributed by atoms with van der Waals surface area (Å²) < 4.78 is 10.8. The Labute approximate surface area is 159 Å². The minimum absolute atomic E-state index is 0.0909. The number of phenolic OH excluding ortho intramolecular Hbond substituents is 1. The van der Waals surface area contributed by atoms with Gasteiger partial charge in [0.25, 0.3) is 5.91 Å². The van der Waals surface area contributed by atoms with Gasteiger partial charge in [0.15, 0.2) is 0 Å². The average Bonchev–Trinajstić information content (AvgIpc) is 2.95. The van der Waals surface area contributed by atoms with Gasteiger partial charge in [0.2, 0.25) is 0 Å². The Hall–Kier alpha value is -2.44. The predicted octanol–water partition coefficient (Wildman–Crippen LogP) is 2.87. The lowest BCUT2D eigenvalue weighted by atomic mass is 9.91. The van der Waals surface area contributed by atoms with Crippen LogP contribution in [0.25, 0.3) is 0 Å². The van der Waals surface area contributed by atoms with Crippen molar-refractivity contribution in [3.05, 3.63) is 23.8 Å². The lowest BCUT2D eigenvalue weighted by molar-refractivity contribution is 0.00307. The van der Waals surface area contributed by atoms with Gasteiger partial charge >= 0.3 is 6.09 Å². The molecular formula is C20H28N2O5. The van der Waals surface area contributed by atoms with Gasteiger partial charge in [-0.1, -0.05) is 13.8 Å². The van der Waals surface area contributed by atoms with Gasteiger partial charge in [-0.15, -0.1) is 0 Å². The summed E-state index contributed by atoms with van der Waals surface area (Å²) in [5.41, 5.74) is -0.235. The number of benzene rings is 1. The molecule has 3 rings (SSSR count). The van der Waals surface area contributed by atoms with Crippen LogP contribution in [0.2, 0.25) is 0 Å². The SMILES string of the molecule is COc1ccc(C(=O)N2CCC3(CC2)CN(CCC(C)C)C(=O)O3)c(O)c1. The number of nitrogens with zero attached hydrogens (tertiary/aromatic N) is 2. The van der Waals surface area contributed by atoms with Crippen molar-refractivity contribution in [2.45, 2.75) is 38.7 Å². The number of methoxy groups -OCH3 is 1. The van der Waals surface area contributed by atoms with E-state index in [-0.39, 0.29) is 23.3 Å². The first-order valence-electron chi connectivity index (χ1n) is 9.48. The number of amides is 2. The number of carbonyl (C=O) groups is 2. The normalized spacial score (nSPS) is 18.9. The van der Waals surface area contributed by atoms with Gasteiger partial charge in [-0.3, -0.25) is 4.79 Å². The molecule has 1 aromatic rings. The molecule has 1 N–H and O–H groups in total. The summed E-state index contributed by atoms with van der Waals surface area (Å²) in [6.45, 7) is 6.56. The molecule has 0 aliphatic carbocycles. The topological polar surface area (TPSA) is 79.3 Å². The van der Waals surface area contributed by atoms with Gasteiger partial charge in [0.05, 0.1) is 19.2 Å². The lowest BCUT2D eigenvalue weighted by Crippen LogP contribution is -2.48. The highest BCUT2D eigenvalue weighted by atomic mass is 16.6. The van der Waals surface area contributed by atoms with Crippen LogP contribution in [0.4, 0.5) is 4.79 Å². The Morgan fingerprint density at radius 2 is 2.04 bits per heavy atom. The van der Waals surface area contributed by atoms with Crippen LogP contribution in [-0.2, 0) is 4.74 Å². The highest BCUT2D eigenvalue weighted by Gasteiger charge is 2.47. The third-order valence-corrected chi connectivity index (χ3v) is 5.41. The average molecular weight is 376 g/mol. The molecule has 0 aromatic heterocycles. The van der Waals surface area contributed by atoms with Crippen molar-refractivity contribution in [3.8, 4) is 11.5 Å². The summed E-state index contributed by atoms with van der Waals surface area (Å²) in [5, 5.41) is 10.1. The van der Waals surface area contributed by atoms with Gasteiger partial charge < -0.3 is 24.4 Å². The molecule has 2 fully saturated rings. The monoisotopic (exact) mass is 376 g/mol. The standard InChI is InChI=1S/C20H28N2O5/c1-14(2)6-9-22-13-20(27-19(22)25)7-10-21(11-8-20)18(24)16-5-4-15(26-3)12-17(16)23/h4-5,12,14,23H,6-11,13H2,1-3H3. The predicted molar refractivity (Wildman–Crippen MR) is 100 cm³/mol. The van der Waals surface area contributed by atoms with Gasteiger partial charge in [0, 0.05) is 38.5 Å². The fourth-order valence-electron chi connectivity index (χ4n) is 3.65. The fraction of sp³-hybridized carbons (Fsp3) is 0.600. The summed E-state index contributed by atoms with van der Waals surface area (Å²) in [5.74, 6) is 0.727. The molecule has 0 unspecified atom stereocenters. The Balaban J connectivity index is 1.60. The molecule has 2 aliphatic heterocycles. The van der Waals surface area contributed by atoms with Crippen LogP contribution < -0.4 is 4.74 Å². The molecule has 0 bridgehead atoms. The quantitative estimate of drug-likeness (QED) is 0.855. The van der Waals surface area contributed by atoms with Crippen molar-refractivity contribution in [1.29, 1.82) is 0 Å². The molecular weight excluding hydrogens is 348 g/mol. The molecule has 148 valence electrons. The first-order chi connectivity index (χ1) is 12.8. The summed E-state index contributed by atoms with van der Waals surface area (Å²) in [7, 11) is 1.51. The maximum absolute atomic E-state index is 12.7. The second-order valence-corrected chi connectivity index (χ2v) is 7.83. The number of aromatic hydroxyl groups is 1. The van der Waals surface area contributed by atoms with Crippen molar-refractivity contribution in [1.82, 2.24) is 9.80 Å². The maximum atomic E-state index is 12.7. The first-order valence-corrected chi connectivity index (χ1v) is 9.48. The zero-order valence-corrected chi connectivity index (χ0v) is 16.2. The second kappa shape index (κ2) is 7.66. The summed E-state index contributed by atoms with van der Waals surface area (Å²) in [6, 6.07) is 4.66. The van der Waals surface area contributed by atoms with E-state index in [1.54, 1.807) is 21.9 Å². The first kappa shape index (κ1) is 19.3. The van der Waals surface area contributed by atoms with Crippen LogP contribution >= 0.6 is 0 Å². The van der Waals surface area contributed by atoms with E-state index in [0.717, 1.165) is 6.42 Å². The molecule has 0 radical (unpaired) electrons. The maximum Gasteiger partial charge on any atom is 0.410 e. The number of piperidine rings is 1. The van der Waals surface area contributed by atoms with Crippen molar-refractivity contribution in [3.63, 3.8) is 0 Å². The second-order valence-electron chi connectivity index (χ2n) is 7.83. The molecule has 27 heavy (non-hydrogen) atoms. The van der Waals surface area contributed by atoms with E-state index in [1.807, 2.05) is 0 Å². The molecule has 2 amide bonds. The number of hydrogen-bond acceptors (Lipinski definition) is 5. The van der Waals surface area contributed by atoms with E-state index in [0.29, 0.717) is 50.7 Å². The third-order valence-electron chi connectivity index (χ3n) is 5.41. The van der Waals surface area contributed by atoms with Crippen LogP contribution in [0, 0.1) is 5.92 Å². The number of rotatable bonds is 5. The molecule has 2 saturated heterocycles. The Morgan fingerprint density at radius 3 is 2.63 bits per heavy atom. The van der Waals surface area contributed by atoms with E-state index >= 15 is 0 Å². The number of likely N-dealkylation sites (tertiary alicyclic amines) is 1. The molecule has 0 saturated carbocycles. The largest absolute Gasteiger partial charge is 0.507 e. The number of hydrogen-bond donors (Lipinski definition) is 1. The van der Waals surface area contributed by atoms with Crippen LogP contribution in [0.1, 0.15) is 43.5 Å². The smallest absolute Gasteiger partial charge is 0.410 e. The molecule has 0 atom stereocenters. The Morgan fingerprint density at radius 1 is 1.33 bits per heavy atom. The van der Waals surface area contributed by atoms with Crippen molar-refractivity contribution >= 4 is 12.0 Å². The summed E-state index contributed by atoms with van der Waals surface area (Å²) >= 11 is 0. The zero-order valence-electron chi connectivity index (χ0n) is 16.2. The van der Waals surface area contributed by atoms with Crippen molar-refractivity contribution in [2.75, 3.05) is 33.3 Å². The van der Waals surface area contributed by atoms with Crippen molar-refractivity contribution < 1.29 is 24.2 Å². The minimum Gasteiger partial charge on any atom is -0.507 e. The van der Waals surface area contributed by atoms with Gasteiger partial charge in [-0.05, 0) is 24.5 Å². The number of phenols is 1. The van der Waals surface area contributed by atoms with E-state index in [9.17, 15) is 14.7 Å². The summed E-state index contributed by atoms with van der Waals surface area (Å²) in [4.78, 5) is 28.4. The molecule has 7 nitrogen and oxygen atoms in total. The molecule has 7 heteroatoms. The lowest BCUT2D eigenvalue weighted by Gasteiger charge is -2.37. The summed E-state index contributed by atoms with van der Waals surface area (Å²) in [6.07, 6.45) is 1.93. The highest BCUT2D eigenvalue weighted by Crippen LogP contribution is 2.34. The molecule has 1 spiro atoms. The minimum atomic E-state index is -0.493. The van der Waals surface area contributed by atoms with Gasteiger partial charge in [0.1, 0.15) is 17.1 Å². The Kier molecular flexibility index (Phi) is 5.48. The van der Waals surface area contributed by atoms with Crippen LogP contribution in [-0.4, -0.2) is 65.8 Å². The molecule has 2 aliphatic rings. The molecule has 1 aromatic carbocycles. The zero-order chi connectivity index (χ0) is 19.6. The van der Waals surface area contributed by atoms with E-state index < -0.39 is 5.60 Å². The number of ether oxygens (including phenoxy) is 2. The van der Waals surface area contributed by atoms with Gasteiger partial charge in [-0.25, -0.2) is 4.79 Å².